The Hall–Kier alpha value is -1.65. The lowest BCUT2D eigenvalue weighted by Gasteiger charge is -2.20. The number of carbonyl (C=O) groups excluding carboxylic acids is 3. The van der Waals surface area contributed by atoms with E-state index in [2.05, 4.69) is 0 Å². The van der Waals surface area contributed by atoms with Gasteiger partial charge in [-0.2, -0.15) is 0 Å². The van der Waals surface area contributed by atoms with Crippen molar-refractivity contribution in [2.45, 2.75) is 26.5 Å². The highest BCUT2D eigenvalue weighted by atomic mass is 16.6. The Labute approximate surface area is 81.3 Å². The molecule has 0 fully saturated rings. The number of carbonyl (C=O) groups is 3. The van der Waals surface area contributed by atoms with Gasteiger partial charge in [-0.05, 0) is 6.08 Å². The Bertz CT molecular complexity index is 308. The first kappa shape index (κ1) is 10.4. The summed E-state index contributed by atoms with van der Waals surface area (Å²) in [7, 11) is 0. The van der Waals surface area contributed by atoms with Gasteiger partial charge in [0.1, 0.15) is 0 Å². The molecular formula is C9H11NO4. The van der Waals surface area contributed by atoms with E-state index in [1.807, 2.05) is 0 Å². The molecule has 0 spiro atoms. The maximum Gasteiger partial charge on any atom is 0.307 e. The van der Waals surface area contributed by atoms with Gasteiger partial charge >= 0.3 is 5.97 Å². The van der Waals surface area contributed by atoms with E-state index in [9.17, 15) is 14.4 Å². The molecule has 5 nitrogen and oxygen atoms in total. The van der Waals surface area contributed by atoms with Crippen molar-refractivity contribution in [3.05, 3.63) is 12.2 Å². The minimum Gasteiger partial charge on any atom is -0.437 e. The van der Waals surface area contributed by atoms with Crippen molar-refractivity contribution in [1.29, 1.82) is 0 Å². The van der Waals surface area contributed by atoms with E-state index >= 15 is 0 Å². The average molecular weight is 197 g/mol. The van der Waals surface area contributed by atoms with Crippen LogP contribution in [0.2, 0.25) is 0 Å². The highest BCUT2D eigenvalue weighted by Crippen LogP contribution is 2.13. The molecule has 1 heterocycles. The number of ether oxygens (including phenoxy) is 1. The van der Waals surface area contributed by atoms with Gasteiger partial charge in [-0.1, -0.05) is 6.92 Å². The van der Waals surface area contributed by atoms with Crippen LogP contribution in [-0.2, 0) is 19.1 Å². The quantitative estimate of drug-likeness (QED) is 0.593. The summed E-state index contributed by atoms with van der Waals surface area (Å²) in [4.78, 5) is 34.0. The van der Waals surface area contributed by atoms with E-state index < -0.39 is 24.0 Å². The highest BCUT2D eigenvalue weighted by Gasteiger charge is 2.31. The summed E-state index contributed by atoms with van der Waals surface area (Å²) in [5.41, 5.74) is 0. The van der Waals surface area contributed by atoms with Gasteiger partial charge in [-0.15, -0.1) is 0 Å². The first-order valence-corrected chi connectivity index (χ1v) is 4.27. The Balaban J connectivity index is 2.69. The largest absolute Gasteiger partial charge is 0.437 e. The van der Waals surface area contributed by atoms with E-state index in [1.54, 1.807) is 6.92 Å². The Morgan fingerprint density at radius 3 is 2.71 bits per heavy atom. The number of esters is 1. The van der Waals surface area contributed by atoms with E-state index in [-0.39, 0.29) is 6.42 Å². The Kier molecular flexibility index (Phi) is 3.01. The van der Waals surface area contributed by atoms with Crippen molar-refractivity contribution in [3.8, 4) is 0 Å². The zero-order chi connectivity index (χ0) is 10.7. The molecule has 0 aromatic carbocycles. The molecule has 14 heavy (non-hydrogen) atoms. The third-order valence-corrected chi connectivity index (χ3v) is 1.78. The van der Waals surface area contributed by atoms with Crippen LogP contribution >= 0.6 is 0 Å². The first-order chi connectivity index (χ1) is 6.56. The summed E-state index contributed by atoms with van der Waals surface area (Å²) < 4.78 is 4.86. The molecule has 76 valence electrons. The lowest BCUT2D eigenvalue weighted by molar-refractivity contribution is -0.161. The molecule has 5 heteroatoms. The molecule has 0 aromatic heterocycles. The second-order valence-electron chi connectivity index (χ2n) is 2.82. The molecule has 0 aliphatic carbocycles. The monoisotopic (exact) mass is 197 g/mol. The van der Waals surface area contributed by atoms with E-state index in [4.69, 9.17) is 4.74 Å². The van der Waals surface area contributed by atoms with Gasteiger partial charge in [-0.3, -0.25) is 14.4 Å². The molecule has 1 aliphatic rings. The SMILES string of the molecule is CCC(=O)O[C@H]1C=CC(=O)N1C(C)=O. The molecule has 0 bridgehead atoms. The lowest BCUT2D eigenvalue weighted by Crippen LogP contribution is -2.40. The van der Waals surface area contributed by atoms with Crippen LogP contribution in [0.3, 0.4) is 0 Å². The summed E-state index contributed by atoms with van der Waals surface area (Å²) in [5, 5.41) is 0. The number of hydrogen-bond donors (Lipinski definition) is 0. The minimum atomic E-state index is -0.868. The topological polar surface area (TPSA) is 63.7 Å². The van der Waals surface area contributed by atoms with Crippen molar-refractivity contribution in [1.82, 2.24) is 4.90 Å². The van der Waals surface area contributed by atoms with Gasteiger partial charge in [-0.25, -0.2) is 4.90 Å². The first-order valence-electron chi connectivity index (χ1n) is 4.27. The lowest BCUT2D eigenvalue weighted by atomic mass is 10.4. The minimum absolute atomic E-state index is 0.213. The fourth-order valence-corrected chi connectivity index (χ4v) is 1.10. The van der Waals surface area contributed by atoms with Gasteiger partial charge in [0, 0.05) is 19.4 Å². The summed E-state index contributed by atoms with van der Waals surface area (Å²) in [6.07, 6.45) is 1.95. The van der Waals surface area contributed by atoms with Crippen molar-refractivity contribution < 1.29 is 19.1 Å². The van der Waals surface area contributed by atoms with Crippen LogP contribution in [0.15, 0.2) is 12.2 Å². The van der Waals surface area contributed by atoms with Gasteiger partial charge < -0.3 is 4.74 Å². The normalized spacial score (nSPS) is 20.0. The molecule has 0 saturated carbocycles. The molecule has 1 aliphatic heterocycles. The van der Waals surface area contributed by atoms with Crippen molar-refractivity contribution in [2.75, 3.05) is 0 Å². The summed E-state index contributed by atoms with van der Waals surface area (Å²) in [6, 6.07) is 0. The zero-order valence-corrected chi connectivity index (χ0v) is 8.02. The molecule has 2 amide bonds. The van der Waals surface area contributed by atoms with Crippen molar-refractivity contribution in [3.63, 3.8) is 0 Å². The Morgan fingerprint density at radius 1 is 1.57 bits per heavy atom. The number of amides is 2. The fourth-order valence-electron chi connectivity index (χ4n) is 1.10. The summed E-state index contributed by atoms with van der Waals surface area (Å²) >= 11 is 0. The van der Waals surface area contributed by atoms with Crippen LogP contribution in [0.4, 0.5) is 0 Å². The van der Waals surface area contributed by atoms with Crippen molar-refractivity contribution in [2.24, 2.45) is 0 Å². The van der Waals surface area contributed by atoms with Crippen molar-refractivity contribution >= 4 is 17.8 Å². The van der Waals surface area contributed by atoms with Crippen LogP contribution < -0.4 is 0 Å². The van der Waals surface area contributed by atoms with Gasteiger partial charge in [0.05, 0.1) is 0 Å². The molecule has 0 saturated heterocycles. The highest BCUT2D eigenvalue weighted by molar-refractivity contribution is 6.02. The van der Waals surface area contributed by atoms with Gasteiger partial charge in [0.15, 0.2) is 0 Å². The molecule has 1 rings (SSSR count). The standard InChI is InChI=1S/C9H11NO4/c1-3-9(13)14-8-5-4-7(12)10(8)6(2)11/h4-5,8H,3H2,1-2H3/t8-/m0/s1. The van der Waals surface area contributed by atoms with Gasteiger partial charge in [0.2, 0.25) is 12.1 Å². The van der Waals surface area contributed by atoms with Crippen LogP contribution in [0.1, 0.15) is 20.3 Å². The zero-order valence-electron chi connectivity index (χ0n) is 8.02. The molecule has 0 radical (unpaired) electrons. The molecule has 0 N–H and O–H groups in total. The van der Waals surface area contributed by atoms with Crippen LogP contribution in [0, 0.1) is 0 Å². The second kappa shape index (κ2) is 4.04. The maximum atomic E-state index is 11.1. The predicted octanol–water partition coefficient (Wildman–Crippen LogP) is 0.211. The third-order valence-electron chi connectivity index (χ3n) is 1.78. The molecule has 0 aromatic rings. The van der Waals surface area contributed by atoms with Crippen LogP contribution in [0.25, 0.3) is 0 Å². The molecular weight excluding hydrogens is 186 g/mol. The number of hydrogen-bond acceptors (Lipinski definition) is 4. The smallest absolute Gasteiger partial charge is 0.307 e. The number of nitrogens with zero attached hydrogens (tertiary/aromatic N) is 1. The average Bonchev–Trinajstić information content (AvgIpc) is 2.46. The second-order valence-corrected chi connectivity index (χ2v) is 2.82. The number of rotatable bonds is 2. The van der Waals surface area contributed by atoms with E-state index in [1.165, 1.54) is 19.1 Å². The van der Waals surface area contributed by atoms with Gasteiger partial charge in [0.25, 0.3) is 5.91 Å². The molecule has 1 atom stereocenters. The molecule has 0 unspecified atom stereocenters. The summed E-state index contributed by atoms with van der Waals surface area (Å²) in [5.74, 6) is -1.33. The van der Waals surface area contributed by atoms with E-state index in [0.29, 0.717) is 0 Å². The summed E-state index contributed by atoms with van der Waals surface area (Å²) in [6.45, 7) is 2.89. The predicted molar refractivity (Wildman–Crippen MR) is 46.8 cm³/mol. The Morgan fingerprint density at radius 2 is 2.21 bits per heavy atom. The maximum absolute atomic E-state index is 11.1. The number of imide groups is 1. The fraction of sp³-hybridized carbons (Fsp3) is 0.444. The third kappa shape index (κ3) is 1.99. The van der Waals surface area contributed by atoms with Crippen LogP contribution in [0.5, 0.6) is 0 Å². The van der Waals surface area contributed by atoms with E-state index in [0.717, 1.165) is 4.90 Å². The van der Waals surface area contributed by atoms with Crippen LogP contribution in [-0.4, -0.2) is 28.9 Å².